The first-order valence-corrected chi connectivity index (χ1v) is 10.3. The van der Waals surface area contributed by atoms with Crippen LogP contribution in [-0.2, 0) is 0 Å². The van der Waals surface area contributed by atoms with E-state index in [1.165, 1.54) is 11.8 Å². The molecule has 1 aromatic heterocycles. The topological polar surface area (TPSA) is 60.2 Å². The van der Waals surface area contributed by atoms with Crippen molar-refractivity contribution in [3.05, 3.63) is 91.0 Å². The molecule has 0 saturated heterocycles. The van der Waals surface area contributed by atoms with Crippen LogP contribution < -0.4 is 4.74 Å². The third-order valence-corrected chi connectivity index (χ3v) is 5.34. The summed E-state index contributed by atoms with van der Waals surface area (Å²) >= 11 is 1.46. The first-order valence-electron chi connectivity index (χ1n) is 9.36. The van der Waals surface area contributed by atoms with Gasteiger partial charge in [-0.2, -0.15) is 0 Å². The Morgan fingerprint density at radius 3 is 2.14 bits per heavy atom. The van der Waals surface area contributed by atoms with Gasteiger partial charge in [0.25, 0.3) is 0 Å². The van der Waals surface area contributed by atoms with Crippen molar-refractivity contribution in [2.75, 3.05) is 12.4 Å². The molecule has 146 valence electrons. The molecule has 5 nitrogen and oxygen atoms in total. The van der Waals surface area contributed by atoms with E-state index in [2.05, 4.69) is 10.2 Å². The van der Waals surface area contributed by atoms with Gasteiger partial charge in [0, 0.05) is 17.0 Å². The highest BCUT2D eigenvalue weighted by Crippen LogP contribution is 2.28. The summed E-state index contributed by atoms with van der Waals surface area (Å²) in [6.45, 7) is 0.224. The van der Waals surface area contributed by atoms with Crippen LogP contribution in [-0.4, -0.2) is 38.3 Å². The van der Waals surface area contributed by atoms with E-state index in [1.807, 2.05) is 95.6 Å². The molecule has 0 spiro atoms. The zero-order chi connectivity index (χ0) is 19.9. The first kappa shape index (κ1) is 19.2. The van der Waals surface area contributed by atoms with Gasteiger partial charge in [0.2, 0.25) is 0 Å². The quantitative estimate of drug-likeness (QED) is 0.440. The van der Waals surface area contributed by atoms with E-state index in [9.17, 15) is 5.11 Å². The number of para-hydroxylation sites is 2. The number of ether oxygens (including phenoxy) is 1. The summed E-state index contributed by atoms with van der Waals surface area (Å²) < 4.78 is 7.66. The Kier molecular flexibility index (Phi) is 6.24. The van der Waals surface area contributed by atoms with Crippen LogP contribution in [0.15, 0.2) is 96.2 Å². The molecule has 0 amide bonds. The lowest BCUT2D eigenvalue weighted by Crippen LogP contribution is -2.20. The van der Waals surface area contributed by atoms with Crippen LogP contribution in [0.3, 0.4) is 0 Å². The van der Waals surface area contributed by atoms with Crippen molar-refractivity contribution in [2.45, 2.75) is 11.3 Å². The summed E-state index contributed by atoms with van der Waals surface area (Å²) in [5, 5.41) is 19.9. The number of aliphatic hydroxyl groups is 1. The number of hydrogen-bond donors (Lipinski definition) is 1. The fourth-order valence-electron chi connectivity index (χ4n) is 2.88. The van der Waals surface area contributed by atoms with E-state index in [1.54, 1.807) is 0 Å². The second-order valence-corrected chi connectivity index (χ2v) is 7.42. The number of nitrogens with zero attached hydrogens (tertiary/aromatic N) is 3. The number of benzene rings is 3. The molecule has 0 fully saturated rings. The van der Waals surface area contributed by atoms with Crippen LogP contribution in [0, 0.1) is 0 Å². The zero-order valence-electron chi connectivity index (χ0n) is 15.8. The molecule has 4 rings (SSSR count). The molecule has 1 atom stereocenters. The highest BCUT2D eigenvalue weighted by atomic mass is 32.2. The van der Waals surface area contributed by atoms with E-state index in [-0.39, 0.29) is 6.61 Å². The van der Waals surface area contributed by atoms with E-state index in [0.717, 1.165) is 28.0 Å². The van der Waals surface area contributed by atoms with Gasteiger partial charge in [-0.25, -0.2) is 0 Å². The molecule has 1 N–H and O–H groups in total. The molecule has 29 heavy (non-hydrogen) atoms. The van der Waals surface area contributed by atoms with Crippen LogP contribution >= 0.6 is 11.8 Å². The molecule has 6 heteroatoms. The summed E-state index contributed by atoms with van der Waals surface area (Å²) in [6, 6.07) is 29.5. The molecular formula is C23H21N3O2S. The number of aliphatic hydroxyl groups excluding tert-OH is 1. The second kappa shape index (κ2) is 9.41. The maximum absolute atomic E-state index is 10.4. The average Bonchev–Trinajstić information content (AvgIpc) is 3.22. The summed E-state index contributed by atoms with van der Waals surface area (Å²) in [4.78, 5) is 0. The minimum atomic E-state index is -0.624. The van der Waals surface area contributed by atoms with E-state index in [4.69, 9.17) is 4.74 Å². The predicted octanol–water partition coefficient (Wildman–Crippen LogP) is 4.47. The third kappa shape index (κ3) is 4.85. The Balaban J connectivity index is 1.51. The van der Waals surface area contributed by atoms with Gasteiger partial charge >= 0.3 is 0 Å². The summed E-state index contributed by atoms with van der Waals surface area (Å²) in [5.74, 6) is 1.97. The lowest BCUT2D eigenvalue weighted by molar-refractivity contribution is 0.126. The Labute approximate surface area is 174 Å². The Hall–Kier alpha value is -3.09. The molecule has 0 radical (unpaired) electrons. The molecule has 0 bridgehead atoms. The highest BCUT2D eigenvalue weighted by molar-refractivity contribution is 7.99. The molecule has 0 aliphatic heterocycles. The number of rotatable bonds is 8. The zero-order valence-corrected chi connectivity index (χ0v) is 16.6. The van der Waals surface area contributed by atoms with Crippen molar-refractivity contribution in [3.8, 4) is 22.8 Å². The molecule has 1 heterocycles. The lowest BCUT2D eigenvalue weighted by Gasteiger charge is -2.13. The minimum Gasteiger partial charge on any atom is -0.491 e. The standard InChI is InChI=1S/C23H21N3O2S/c27-20(16-28-21-14-8-3-9-15-21)17-29-23-25-24-22(18-10-4-1-5-11-18)26(23)19-12-6-2-7-13-19/h1-15,20,27H,16-17H2. The molecule has 1 unspecified atom stereocenters. The van der Waals surface area contributed by atoms with Gasteiger partial charge in [0.05, 0.1) is 6.10 Å². The van der Waals surface area contributed by atoms with E-state index >= 15 is 0 Å². The maximum atomic E-state index is 10.4. The Morgan fingerprint density at radius 2 is 1.45 bits per heavy atom. The van der Waals surface area contributed by atoms with Crippen LogP contribution in [0.4, 0.5) is 0 Å². The first-order chi connectivity index (χ1) is 14.3. The Morgan fingerprint density at radius 1 is 0.828 bits per heavy atom. The van der Waals surface area contributed by atoms with Gasteiger partial charge in [-0.05, 0) is 24.3 Å². The van der Waals surface area contributed by atoms with Gasteiger partial charge < -0.3 is 9.84 Å². The largest absolute Gasteiger partial charge is 0.491 e. The van der Waals surface area contributed by atoms with Gasteiger partial charge in [0.15, 0.2) is 11.0 Å². The smallest absolute Gasteiger partial charge is 0.196 e. The number of thioether (sulfide) groups is 1. The van der Waals surface area contributed by atoms with Crippen molar-refractivity contribution >= 4 is 11.8 Å². The van der Waals surface area contributed by atoms with Crippen LogP contribution in [0.2, 0.25) is 0 Å². The fraction of sp³-hybridized carbons (Fsp3) is 0.130. The molecule has 3 aromatic carbocycles. The SMILES string of the molecule is OC(COc1ccccc1)CSc1nnc(-c2ccccc2)n1-c1ccccc1. The normalized spacial score (nSPS) is 11.9. The highest BCUT2D eigenvalue weighted by Gasteiger charge is 2.17. The summed E-state index contributed by atoms with van der Waals surface area (Å²) in [6.07, 6.45) is -0.624. The van der Waals surface area contributed by atoms with Crippen LogP contribution in [0.5, 0.6) is 5.75 Å². The number of hydrogen-bond acceptors (Lipinski definition) is 5. The molecular weight excluding hydrogens is 382 g/mol. The van der Waals surface area contributed by atoms with Gasteiger partial charge in [0.1, 0.15) is 12.4 Å². The van der Waals surface area contributed by atoms with E-state index in [0.29, 0.717) is 5.75 Å². The molecule has 0 aliphatic carbocycles. The van der Waals surface area contributed by atoms with Gasteiger partial charge in [-0.15, -0.1) is 10.2 Å². The van der Waals surface area contributed by atoms with Crippen molar-refractivity contribution in [1.29, 1.82) is 0 Å². The minimum absolute atomic E-state index is 0.224. The van der Waals surface area contributed by atoms with Gasteiger partial charge in [-0.3, -0.25) is 4.57 Å². The molecule has 4 aromatic rings. The summed E-state index contributed by atoms with van der Waals surface area (Å²) in [7, 11) is 0. The fourth-order valence-corrected chi connectivity index (χ4v) is 3.73. The van der Waals surface area contributed by atoms with Crippen molar-refractivity contribution < 1.29 is 9.84 Å². The summed E-state index contributed by atoms with van der Waals surface area (Å²) in [5.41, 5.74) is 1.97. The van der Waals surface area contributed by atoms with Crippen molar-refractivity contribution in [1.82, 2.24) is 14.8 Å². The predicted molar refractivity (Wildman–Crippen MR) is 115 cm³/mol. The third-order valence-electron chi connectivity index (χ3n) is 4.27. The maximum Gasteiger partial charge on any atom is 0.196 e. The van der Waals surface area contributed by atoms with Crippen molar-refractivity contribution in [2.24, 2.45) is 0 Å². The van der Waals surface area contributed by atoms with Crippen LogP contribution in [0.25, 0.3) is 17.1 Å². The second-order valence-electron chi connectivity index (χ2n) is 6.43. The monoisotopic (exact) mass is 403 g/mol. The van der Waals surface area contributed by atoms with Crippen LogP contribution in [0.1, 0.15) is 0 Å². The number of aromatic nitrogens is 3. The van der Waals surface area contributed by atoms with Gasteiger partial charge in [-0.1, -0.05) is 78.5 Å². The lowest BCUT2D eigenvalue weighted by atomic mass is 10.2. The van der Waals surface area contributed by atoms with Crippen molar-refractivity contribution in [3.63, 3.8) is 0 Å². The molecule has 0 aliphatic rings. The molecule has 0 saturated carbocycles. The average molecular weight is 404 g/mol. The van der Waals surface area contributed by atoms with E-state index < -0.39 is 6.10 Å². The Bertz CT molecular complexity index is 1020.